The Bertz CT molecular complexity index is 1140. The molecule has 1 aliphatic heterocycles. The van der Waals surface area contributed by atoms with Gasteiger partial charge in [-0.25, -0.2) is 9.78 Å². The minimum absolute atomic E-state index is 0.0814. The largest absolute Gasteiger partial charge is 0.457 e. The molecule has 1 saturated heterocycles. The number of aromatic amines is 1. The quantitative estimate of drug-likeness (QED) is 0.571. The maximum atomic E-state index is 12.8. The molecule has 180 valence electrons. The number of H-pyrrole nitrogens is 1. The van der Waals surface area contributed by atoms with Crippen LogP contribution < -0.4 is 11.2 Å². The van der Waals surface area contributed by atoms with Crippen LogP contribution in [0.25, 0.3) is 11.2 Å². The number of ether oxygens (including phenoxy) is 1. The first-order valence-electron chi connectivity index (χ1n) is 12.1. The molecule has 2 fully saturated rings. The van der Waals surface area contributed by atoms with E-state index in [1.165, 1.54) is 4.57 Å². The van der Waals surface area contributed by atoms with Crippen LogP contribution in [-0.2, 0) is 34.0 Å². The molecule has 1 saturated carbocycles. The van der Waals surface area contributed by atoms with E-state index >= 15 is 0 Å². The lowest BCUT2D eigenvalue weighted by Gasteiger charge is -2.31. The summed E-state index contributed by atoms with van der Waals surface area (Å²) in [7, 11) is 0. The molecule has 0 aromatic carbocycles. The number of aryl methyl sites for hydroxylation is 2. The van der Waals surface area contributed by atoms with Crippen molar-refractivity contribution in [3.63, 3.8) is 0 Å². The average molecular weight is 460 g/mol. The Balaban J connectivity index is 1.54. The van der Waals surface area contributed by atoms with Gasteiger partial charge in [0.2, 0.25) is 5.91 Å². The summed E-state index contributed by atoms with van der Waals surface area (Å²) in [5.41, 5.74) is -0.302. The highest BCUT2D eigenvalue weighted by molar-refractivity contribution is 5.82. The predicted octanol–water partition coefficient (Wildman–Crippen LogP) is 1.79. The smallest absolute Gasteiger partial charge is 0.330 e. The van der Waals surface area contributed by atoms with Gasteiger partial charge in [0.15, 0.2) is 11.2 Å². The van der Waals surface area contributed by atoms with E-state index in [1.807, 2.05) is 13.8 Å². The molecule has 1 N–H and O–H groups in total. The van der Waals surface area contributed by atoms with Crippen molar-refractivity contribution in [2.75, 3.05) is 13.1 Å². The molecule has 2 aromatic heterocycles. The number of carbonyl (C=O) groups is 2. The predicted molar refractivity (Wildman–Crippen MR) is 122 cm³/mol. The van der Waals surface area contributed by atoms with Crippen molar-refractivity contribution in [2.45, 2.75) is 78.5 Å². The van der Waals surface area contributed by atoms with E-state index in [1.54, 1.807) is 9.47 Å². The number of hydrogen-bond acceptors (Lipinski definition) is 6. The van der Waals surface area contributed by atoms with Gasteiger partial charge in [-0.3, -0.25) is 23.9 Å². The van der Waals surface area contributed by atoms with Crippen LogP contribution in [0.3, 0.4) is 0 Å². The topological polar surface area (TPSA) is 119 Å². The van der Waals surface area contributed by atoms with Gasteiger partial charge in [-0.05, 0) is 38.5 Å². The summed E-state index contributed by atoms with van der Waals surface area (Å²) in [4.78, 5) is 59.0. The number of nitrogens with zero attached hydrogens (tertiary/aromatic N) is 4. The molecule has 2 aromatic rings. The van der Waals surface area contributed by atoms with Crippen molar-refractivity contribution in [3.05, 3.63) is 26.7 Å². The van der Waals surface area contributed by atoms with Gasteiger partial charge in [0, 0.05) is 32.1 Å². The summed E-state index contributed by atoms with van der Waals surface area (Å²) in [6.45, 7) is 6.00. The minimum atomic E-state index is -0.484. The molecule has 1 atom stereocenters. The monoisotopic (exact) mass is 459 g/mol. The number of piperidine rings is 1. The molecule has 4 rings (SSSR count). The van der Waals surface area contributed by atoms with E-state index in [0.29, 0.717) is 49.6 Å². The van der Waals surface area contributed by atoms with Gasteiger partial charge in [0.25, 0.3) is 5.56 Å². The van der Waals surface area contributed by atoms with E-state index in [0.717, 1.165) is 38.5 Å². The summed E-state index contributed by atoms with van der Waals surface area (Å²) in [6.07, 6.45) is 5.79. The Labute approximate surface area is 191 Å². The van der Waals surface area contributed by atoms with Crippen molar-refractivity contribution < 1.29 is 14.3 Å². The van der Waals surface area contributed by atoms with Crippen LogP contribution in [0.15, 0.2) is 9.59 Å². The lowest BCUT2D eigenvalue weighted by Crippen LogP contribution is -2.43. The third-order valence-electron chi connectivity index (χ3n) is 6.48. The van der Waals surface area contributed by atoms with Crippen LogP contribution in [0.1, 0.15) is 64.6 Å². The van der Waals surface area contributed by atoms with E-state index in [9.17, 15) is 19.2 Å². The number of nitrogens with one attached hydrogen (secondary N) is 1. The highest BCUT2D eigenvalue weighted by Gasteiger charge is 2.37. The Morgan fingerprint density at radius 2 is 1.85 bits per heavy atom. The molecule has 0 spiro atoms. The lowest BCUT2D eigenvalue weighted by atomic mass is 9.98. The Morgan fingerprint density at radius 1 is 1.06 bits per heavy atom. The zero-order valence-corrected chi connectivity index (χ0v) is 19.5. The summed E-state index contributed by atoms with van der Waals surface area (Å²) in [5, 5.41) is 0. The molecule has 10 nitrogen and oxygen atoms in total. The van der Waals surface area contributed by atoms with E-state index in [2.05, 4.69) is 9.97 Å². The second kappa shape index (κ2) is 9.93. The van der Waals surface area contributed by atoms with Crippen LogP contribution in [-0.4, -0.2) is 49.0 Å². The van der Waals surface area contributed by atoms with Gasteiger partial charge in [0.1, 0.15) is 12.4 Å². The Hall–Kier alpha value is -2.91. The Kier molecular flexibility index (Phi) is 6.99. The number of fused-ring (bicyclic) bond motifs is 1. The van der Waals surface area contributed by atoms with Gasteiger partial charge >= 0.3 is 11.7 Å². The molecule has 0 bridgehead atoms. The maximum Gasteiger partial charge on any atom is 0.330 e. The number of aromatic nitrogens is 4. The standard InChI is InChI=1S/C23H33N5O5/c1-3-5-12-28-19-18(20(29)25-23(28)32)27(10-4-2)17(24-19)14-33-22(31)16-7-6-11-26(13-16)21(30)15-8-9-15/h15-16H,3-14H2,1-2H3,(H,25,29,32). The molecule has 0 radical (unpaired) electrons. The number of unbranched alkanes of at least 4 members (excludes halogenated alkanes) is 1. The fourth-order valence-electron chi connectivity index (χ4n) is 4.53. The number of likely N-dealkylation sites (tertiary alicyclic amines) is 1. The molecule has 33 heavy (non-hydrogen) atoms. The van der Waals surface area contributed by atoms with Gasteiger partial charge in [-0.15, -0.1) is 0 Å². The first-order valence-corrected chi connectivity index (χ1v) is 12.1. The van der Waals surface area contributed by atoms with Crippen molar-refractivity contribution in [1.82, 2.24) is 24.0 Å². The van der Waals surface area contributed by atoms with Crippen molar-refractivity contribution in [1.29, 1.82) is 0 Å². The number of carbonyl (C=O) groups excluding carboxylic acids is 2. The SMILES string of the molecule is CCCCn1c(=O)[nH]c(=O)c2c1nc(COC(=O)C1CCCN(C(=O)C3CC3)C1)n2CCC. The van der Waals surface area contributed by atoms with Gasteiger partial charge in [0.05, 0.1) is 5.92 Å². The number of amides is 1. The lowest BCUT2D eigenvalue weighted by molar-refractivity contribution is -0.153. The van der Waals surface area contributed by atoms with Gasteiger partial charge < -0.3 is 14.2 Å². The van der Waals surface area contributed by atoms with Gasteiger partial charge in [-0.1, -0.05) is 20.3 Å². The van der Waals surface area contributed by atoms with E-state index in [4.69, 9.17) is 4.74 Å². The second-order valence-corrected chi connectivity index (χ2v) is 9.12. The second-order valence-electron chi connectivity index (χ2n) is 9.12. The zero-order chi connectivity index (χ0) is 23.5. The van der Waals surface area contributed by atoms with E-state index in [-0.39, 0.29) is 30.3 Å². The van der Waals surface area contributed by atoms with Crippen LogP contribution in [0.4, 0.5) is 0 Å². The third-order valence-corrected chi connectivity index (χ3v) is 6.48. The molecule has 10 heteroatoms. The number of esters is 1. The molecule has 1 amide bonds. The fourth-order valence-corrected chi connectivity index (χ4v) is 4.53. The fraction of sp³-hybridized carbons (Fsp3) is 0.696. The number of imidazole rings is 1. The summed E-state index contributed by atoms with van der Waals surface area (Å²) >= 11 is 0. The third kappa shape index (κ3) is 4.89. The summed E-state index contributed by atoms with van der Waals surface area (Å²) in [6, 6.07) is 0. The van der Waals surface area contributed by atoms with E-state index < -0.39 is 11.2 Å². The van der Waals surface area contributed by atoms with Crippen LogP contribution in [0.5, 0.6) is 0 Å². The molecule has 3 heterocycles. The minimum Gasteiger partial charge on any atom is -0.457 e. The van der Waals surface area contributed by atoms with Crippen molar-refractivity contribution >= 4 is 23.0 Å². The van der Waals surface area contributed by atoms with Crippen LogP contribution >= 0.6 is 0 Å². The maximum absolute atomic E-state index is 12.8. The molecular formula is C23H33N5O5. The van der Waals surface area contributed by atoms with Crippen molar-refractivity contribution in [2.24, 2.45) is 11.8 Å². The normalized spacial score (nSPS) is 18.6. The summed E-state index contributed by atoms with van der Waals surface area (Å²) < 4.78 is 8.85. The first kappa shape index (κ1) is 23.3. The van der Waals surface area contributed by atoms with Crippen LogP contribution in [0, 0.1) is 11.8 Å². The highest BCUT2D eigenvalue weighted by Crippen LogP contribution is 2.32. The first-order chi connectivity index (χ1) is 15.9. The van der Waals surface area contributed by atoms with Crippen molar-refractivity contribution in [3.8, 4) is 0 Å². The number of rotatable bonds is 9. The zero-order valence-electron chi connectivity index (χ0n) is 19.5. The molecule has 1 unspecified atom stereocenters. The molecule has 2 aliphatic rings. The molecule has 1 aliphatic carbocycles. The average Bonchev–Trinajstić information content (AvgIpc) is 3.59. The summed E-state index contributed by atoms with van der Waals surface area (Å²) in [5.74, 6) is 0.0363. The number of hydrogen-bond donors (Lipinski definition) is 1. The Morgan fingerprint density at radius 3 is 2.55 bits per heavy atom. The van der Waals surface area contributed by atoms with Gasteiger partial charge in [-0.2, -0.15) is 0 Å². The highest BCUT2D eigenvalue weighted by atomic mass is 16.5. The van der Waals surface area contributed by atoms with Crippen LogP contribution in [0.2, 0.25) is 0 Å². The molecular weight excluding hydrogens is 426 g/mol.